The van der Waals surface area contributed by atoms with Crippen LogP contribution in [0.3, 0.4) is 0 Å². The Morgan fingerprint density at radius 2 is 0.931 bits per heavy atom. The average molecular weight is 814 g/mol. The number of hydrogen-bond acceptors (Lipinski definition) is 5. The lowest BCUT2D eigenvalue weighted by molar-refractivity contribution is -0.151. The lowest BCUT2D eigenvalue weighted by Crippen LogP contribution is -2.46. The van der Waals surface area contributed by atoms with Crippen LogP contribution in [0.5, 0.6) is 0 Å². The minimum absolute atomic E-state index is 0.0338. The average Bonchev–Trinajstić information content (AvgIpc) is 3.22. The zero-order chi connectivity index (χ0) is 42.4. The Morgan fingerprint density at radius 1 is 0.517 bits per heavy atom. The molecule has 1 amide bonds. The molecule has 3 unspecified atom stereocenters. The Bertz CT molecular complexity index is 1000. The number of amides is 1. The van der Waals surface area contributed by atoms with Crippen molar-refractivity contribution < 1.29 is 24.5 Å². The molecule has 0 fully saturated rings. The molecule has 0 aromatic heterocycles. The number of aliphatic hydroxyl groups is 2. The predicted molar refractivity (Wildman–Crippen MR) is 250 cm³/mol. The Balaban J connectivity index is 4.52. The SMILES string of the molecule is CC/C=C/C=C/C=C\C=C/CCCC(CC(=O)NC(CO)C(O)CCCCCCCCCCCCCCCCCCC)OC(=O)CCCCCCCCCCCCC. The molecule has 0 aromatic carbocycles. The first-order valence-electron chi connectivity index (χ1n) is 24.9. The van der Waals surface area contributed by atoms with Crippen LogP contribution in [0.4, 0.5) is 0 Å². The topological polar surface area (TPSA) is 95.9 Å². The maximum absolute atomic E-state index is 13.1. The van der Waals surface area contributed by atoms with Gasteiger partial charge in [-0.2, -0.15) is 0 Å². The lowest BCUT2D eigenvalue weighted by Gasteiger charge is -2.24. The number of aliphatic hydroxyl groups excluding tert-OH is 2. The number of carbonyl (C=O) groups excluding carboxylic acids is 2. The van der Waals surface area contributed by atoms with Gasteiger partial charge in [-0.05, 0) is 38.5 Å². The van der Waals surface area contributed by atoms with Crippen LogP contribution in [0.2, 0.25) is 0 Å². The largest absolute Gasteiger partial charge is 0.462 e. The lowest BCUT2D eigenvalue weighted by atomic mass is 10.0. The van der Waals surface area contributed by atoms with Crippen LogP contribution in [0.1, 0.15) is 245 Å². The van der Waals surface area contributed by atoms with Crippen molar-refractivity contribution in [3.63, 3.8) is 0 Å². The number of unbranched alkanes of at least 4 members (excludes halogenated alkanes) is 27. The summed E-state index contributed by atoms with van der Waals surface area (Å²) in [5.74, 6) is -0.538. The fourth-order valence-electron chi connectivity index (χ4n) is 7.51. The maximum atomic E-state index is 13.1. The number of nitrogens with one attached hydrogen (secondary N) is 1. The molecule has 0 aliphatic heterocycles. The Kier molecular flexibility index (Phi) is 44.2. The van der Waals surface area contributed by atoms with Crippen molar-refractivity contribution in [2.75, 3.05) is 6.61 Å². The van der Waals surface area contributed by atoms with Crippen LogP contribution in [0.25, 0.3) is 0 Å². The fraction of sp³-hybridized carbons (Fsp3) is 0.808. The molecule has 0 saturated carbocycles. The van der Waals surface area contributed by atoms with Gasteiger partial charge in [-0.1, -0.05) is 243 Å². The summed E-state index contributed by atoms with van der Waals surface area (Å²) < 4.78 is 5.87. The van der Waals surface area contributed by atoms with E-state index in [4.69, 9.17) is 4.74 Å². The highest BCUT2D eigenvalue weighted by molar-refractivity contribution is 5.77. The van der Waals surface area contributed by atoms with Crippen molar-refractivity contribution in [3.05, 3.63) is 48.6 Å². The zero-order valence-corrected chi connectivity index (χ0v) is 38.4. The van der Waals surface area contributed by atoms with E-state index >= 15 is 0 Å². The van der Waals surface area contributed by atoms with E-state index in [1.54, 1.807) is 0 Å². The number of rotatable bonds is 44. The van der Waals surface area contributed by atoms with Crippen LogP contribution in [-0.4, -0.2) is 46.9 Å². The smallest absolute Gasteiger partial charge is 0.306 e. The number of hydrogen-bond donors (Lipinski definition) is 3. The van der Waals surface area contributed by atoms with E-state index < -0.39 is 18.2 Å². The van der Waals surface area contributed by atoms with Crippen molar-refractivity contribution in [1.82, 2.24) is 5.32 Å². The highest BCUT2D eigenvalue weighted by atomic mass is 16.5. The second kappa shape index (κ2) is 45.9. The molecule has 0 saturated heterocycles. The molecule has 6 nitrogen and oxygen atoms in total. The molecule has 6 heteroatoms. The molecule has 58 heavy (non-hydrogen) atoms. The Hall–Kier alpha value is -2.18. The van der Waals surface area contributed by atoms with Crippen molar-refractivity contribution in [3.8, 4) is 0 Å². The summed E-state index contributed by atoms with van der Waals surface area (Å²) in [4.78, 5) is 26.0. The zero-order valence-electron chi connectivity index (χ0n) is 38.4. The minimum Gasteiger partial charge on any atom is -0.462 e. The van der Waals surface area contributed by atoms with Gasteiger partial charge >= 0.3 is 5.97 Å². The first-order valence-corrected chi connectivity index (χ1v) is 24.9. The van der Waals surface area contributed by atoms with E-state index in [9.17, 15) is 19.8 Å². The van der Waals surface area contributed by atoms with Gasteiger partial charge < -0.3 is 20.3 Å². The van der Waals surface area contributed by atoms with Gasteiger partial charge in [0.15, 0.2) is 0 Å². The van der Waals surface area contributed by atoms with Gasteiger partial charge in [-0.25, -0.2) is 0 Å². The van der Waals surface area contributed by atoms with Crippen molar-refractivity contribution in [1.29, 1.82) is 0 Å². The molecule has 0 bridgehead atoms. The molecule has 0 aliphatic carbocycles. The van der Waals surface area contributed by atoms with Crippen molar-refractivity contribution in [2.45, 2.75) is 264 Å². The normalized spacial score (nSPS) is 13.7. The van der Waals surface area contributed by atoms with Gasteiger partial charge in [0.1, 0.15) is 6.10 Å². The van der Waals surface area contributed by atoms with Crippen LogP contribution < -0.4 is 5.32 Å². The molecule has 0 rings (SSSR count). The van der Waals surface area contributed by atoms with Gasteiger partial charge in [0.2, 0.25) is 5.91 Å². The third-order valence-electron chi connectivity index (χ3n) is 11.3. The number of esters is 1. The number of carbonyl (C=O) groups is 2. The molecule has 0 aromatic rings. The van der Waals surface area contributed by atoms with E-state index in [2.05, 4.69) is 38.2 Å². The van der Waals surface area contributed by atoms with Crippen LogP contribution in [0, 0.1) is 0 Å². The molecular weight excluding hydrogens is 719 g/mol. The molecule has 0 heterocycles. The van der Waals surface area contributed by atoms with E-state index in [-0.39, 0.29) is 24.9 Å². The van der Waals surface area contributed by atoms with E-state index in [1.807, 2.05) is 36.5 Å². The molecule has 0 radical (unpaired) electrons. The van der Waals surface area contributed by atoms with E-state index in [0.29, 0.717) is 19.3 Å². The number of allylic oxidation sites excluding steroid dienone is 8. The summed E-state index contributed by atoms with van der Waals surface area (Å²) in [6.07, 6.45) is 54.7. The van der Waals surface area contributed by atoms with Crippen molar-refractivity contribution >= 4 is 11.9 Å². The maximum Gasteiger partial charge on any atom is 0.306 e. The van der Waals surface area contributed by atoms with E-state index in [0.717, 1.165) is 57.8 Å². The van der Waals surface area contributed by atoms with Gasteiger partial charge in [0.05, 0.1) is 25.2 Å². The predicted octanol–water partition coefficient (Wildman–Crippen LogP) is 14.7. The van der Waals surface area contributed by atoms with Crippen LogP contribution in [-0.2, 0) is 14.3 Å². The third-order valence-corrected chi connectivity index (χ3v) is 11.3. The second-order valence-electron chi connectivity index (χ2n) is 16.9. The second-order valence-corrected chi connectivity index (χ2v) is 16.9. The molecule has 0 spiro atoms. The quantitative estimate of drug-likeness (QED) is 0.0323. The van der Waals surface area contributed by atoms with Gasteiger partial charge in [-0.15, -0.1) is 0 Å². The Morgan fingerprint density at radius 3 is 1.38 bits per heavy atom. The summed E-state index contributed by atoms with van der Waals surface area (Å²) in [7, 11) is 0. The summed E-state index contributed by atoms with van der Waals surface area (Å²) in [6, 6.07) is -0.720. The first kappa shape index (κ1) is 55.8. The number of ether oxygens (including phenoxy) is 1. The molecule has 0 aliphatic rings. The summed E-state index contributed by atoms with van der Waals surface area (Å²) in [6.45, 7) is 6.32. The van der Waals surface area contributed by atoms with E-state index in [1.165, 1.54) is 141 Å². The van der Waals surface area contributed by atoms with Crippen LogP contribution in [0.15, 0.2) is 48.6 Å². The molecule has 3 atom stereocenters. The van der Waals surface area contributed by atoms with Crippen LogP contribution >= 0.6 is 0 Å². The summed E-state index contributed by atoms with van der Waals surface area (Å²) in [5.41, 5.74) is 0. The summed E-state index contributed by atoms with van der Waals surface area (Å²) in [5, 5.41) is 23.7. The van der Waals surface area contributed by atoms with Crippen molar-refractivity contribution in [2.24, 2.45) is 0 Å². The highest BCUT2D eigenvalue weighted by Crippen LogP contribution is 2.17. The summed E-state index contributed by atoms with van der Waals surface area (Å²) >= 11 is 0. The Labute approximate surface area is 359 Å². The monoisotopic (exact) mass is 814 g/mol. The molecule has 3 N–H and O–H groups in total. The van der Waals surface area contributed by atoms with Gasteiger partial charge in [0, 0.05) is 6.42 Å². The molecule has 338 valence electrons. The minimum atomic E-state index is -0.803. The first-order chi connectivity index (χ1) is 28.5. The van der Waals surface area contributed by atoms with Gasteiger partial charge in [0.25, 0.3) is 0 Å². The standard InChI is InChI=1S/C52H95NO5/c1-4-7-10-13-16-19-22-23-24-25-26-27-30-32-35-38-41-44-50(55)49(47-54)53-51(56)46-48(43-40-37-34-31-28-20-17-14-11-8-5-2)58-52(57)45-42-39-36-33-29-21-18-15-12-9-6-3/h8,11,14,17,20,28,31,34,48-50,54-55H,4-7,9-10,12-13,15-16,18-19,21-27,29-30,32-33,35-47H2,1-3H3,(H,53,56)/b11-8+,17-14+,28-20-,34-31-. The van der Waals surface area contributed by atoms with Gasteiger partial charge in [-0.3, -0.25) is 9.59 Å². The third kappa shape index (κ3) is 40.6. The fourth-order valence-corrected chi connectivity index (χ4v) is 7.51. The molecular formula is C52H95NO5. The highest BCUT2D eigenvalue weighted by Gasteiger charge is 2.24.